The fraction of sp³-hybridized carbons (Fsp3) is 0.450. The van der Waals surface area contributed by atoms with Gasteiger partial charge in [-0.1, -0.05) is 0 Å². The third-order valence-corrected chi connectivity index (χ3v) is 4.33. The fourth-order valence-electron chi connectivity index (χ4n) is 2.78. The van der Waals surface area contributed by atoms with E-state index in [1.165, 1.54) is 0 Å². The van der Waals surface area contributed by atoms with Gasteiger partial charge in [0.1, 0.15) is 17.3 Å². The number of carbonyl (C=O) groups excluding carboxylic acids is 1. The molecule has 0 aliphatic carbocycles. The first-order valence-corrected chi connectivity index (χ1v) is 8.89. The lowest BCUT2D eigenvalue weighted by Gasteiger charge is -2.24. The Kier molecular flexibility index (Phi) is 7.69. The van der Waals surface area contributed by atoms with Crippen molar-refractivity contribution in [2.75, 3.05) is 40.2 Å². The molecule has 1 aromatic heterocycles. The smallest absolute Gasteiger partial charge is 0.226 e. The van der Waals surface area contributed by atoms with Gasteiger partial charge in [0, 0.05) is 25.1 Å². The molecule has 0 saturated heterocycles. The molecule has 2 rings (SSSR count). The molecule has 27 heavy (non-hydrogen) atoms. The number of rotatable bonds is 10. The topological polar surface area (TPSA) is 76.0 Å². The monoisotopic (exact) mass is 375 g/mol. The summed E-state index contributed by atoms with van der Waals surface area (Å²) in [4.78, 5) is 14.5. The van der Waals surface area contributed by atoms with Crippen molar-refractivity contribution in [3.8, 4) is 11.5 Å². The molecule has 148 valence electrons. The van der Waals surface area contributed by atoms with Crippen molar-refractivity contribution in [2.24, 2.45) is 0 Å². The van der Waals surface area contributed by atoms with Gasteiger partial charge in [0.05, 0.1) is 32.2 Å². The van der Waals surface area contributed by atoms with Crippen LogP contribution < -0.4 is 20.1 Å². The summed E-state index contributed by atoms with van der Waals surface area (Å²) in [6.45, 7) is 2.67. The van der Waals surface area contributed by atoms with Crippen LogP contribution in [0.2, 0.25) is 0 Å². The minimum atomic E-state index is -0.0853. The number of benzene rings is 1. The molecular formula is C20H29N3O4. The normalized spacial score (nSPS) is 13.3. The van der Waals surface area contributed by atoms with E-state index < -0.39 is 0 Å². The highest BCUT2D eigenvalue weighted by atomic mass is 16.5. The summed E-state index contributed by atoms with van der Waals surface area (Å²) >= 11 is 0. The van der Waals surface area contributed by atoms with E-state index in [0.29, 0.717) is 30.2 Å². The van der Waals surface area contributed by atoms with Gasteiger partial charge < -0.3 is 24.5 Å². The van der Waals surface area contributed by atoms with Crippen LogP contribution in [0.25, 0.3) is 0 Å². The number of hydrogen-bond acceptors (Lipinski definition) is 6. The van der Waals surface area contributed by atoms with Crippen LogP contribution in [0.3, 0.4) is 0 Å². The number of furan rings is 1. The van der Waals surface area contributed by atoms with E-state index in [1.807, 2.05) is 33.2 Å². The first-order chi connectivity index (χ1) is 12.9. The van der Waals surface area contributed by atoms with Gasteiger partial charge in [-0.05, 0) is 45.3 Å². The number of nitrogens with one attached hydrogen (secondary N) is 2. The van der Waals surface area contributed by atoms with E-state index in [4.69, 9.17) is 13.9 Å². The highest BCUT2D eigenvalue weighted by Crippen LogP contribution is 2.29. The van der Waals surface area contributed by atoms with Crippen LogP contribution in [0, 0.1) is 0 Å². The second-order valence-corrected chi connectivity index (χ2v) is 6.62. The Morgan fingerprint density at radius 2 is 2.00 bits per heavy atom. The summed E-state index contributed by atoms with van der Waals surface area (Å²) in [6.07, 6.45) is 2.01. The van der Waals surface area contributed by atoms with E-state index in [-0.39, 0.29) is 18.0 Å². The van der Waals surface area contributed by atoms with Crippen LogP contribution in [0.5, 0.6) is 11.5 Å². The van der Waals surface area contributed by atoms with Crippen molar-refractivity contribution in [3.05, 3.63) is 42.4 Å². The minimum Gasteiger partial charge on any atom is -0.497 e. The molecule has 0 spiro atoms. The fourth-order valence-corrected chi connectivity index (χ4v) is 2.78. The number of nitrogens with zero attached hydrogens (tertiary/aromatic N) is 1. The Morgan fingerprint density at radius 1 is 1.22 bits per heavy atom. The second kappa shape index (κ2) is 9.99. The van der Waals surface area contributed by atoms with Gasteiger partial charge >= 0.3 is 0 Å². The molecule has 0 bridgehead atoms. The average molecular weight is 375 g/mol. The van der Waals surface area contributed by atoms with E-state index in [2.05, 4.69) is 15.5 Å². The molecule has 2 aromatic rings. The molecule has 2 atom stereocenters. The third kappa shape index (κ3) is 6.01. The van der Waals surface area contributed by atoms with Crippen LogP contribution in [0.15, 0.2) is 41.0 Å². The van der Waals surface area contributed by atoms with Gasteiger partial charge in [0.15, 0.2) is 0 Å². The molecule has 2 unspecified atom stereocenters. The molecular weight excluding hydrogens is 346 g/mol. The summed E-state index contributed by atoms with van der Waals surface area (Å²) in [6, 6.07) is 9.24. The summed E-state index contributed by atoms with van der Waals surface area (Å²) in [5.41, 5.74) is 0.622. The first-order valence-electron chi connectivity index (χ1n) is 8.89. The van der Waals surface area contributed by atoms with Gasteiger partial charge in [-0.3, -0.25) is 9.69 Å². The van der Waals surface area contributed by atoms with E-state index in [9.17, 15) is 4.79 Å². The predicted molar refractivity (Wildman–Crippen MR) is 105 cm³/mol. The number of ether oxygens (including phenoxy) is 2. The van der Waals surface area contributed by atoms with E-state index in [0.717, 1.165) is 5.76 Å². The lowest BCUT2D eigenvalue weighted by Crippen LogP contribution is -2.37. The molecule has 0 aliphatic rings. The Balaban J connectivity index is 1.88. The molecule has 0 radical (unpaired) electrons. The van der Waals surface area contributed by atoms with Gasteiger partial charge in [-0.25, -0.2) is 0 Å². The Bertz CT molecular complexity index is 716. The summed E-state index contributed by atoms with van der Waals surface area (Å²) in [5, 5.41) is 6.30. The van der Waals surface area contributed by atoms with Gasteiger partial charge in [0.2, 0.25) is 5.91 Å². The van der Waals surface area contributed by atoms with Gasteiger partial charge in [-0.2, -0.15) is 0 Å². The lowest BCUT2D eigenvalue weighted by atomic mass is 10.1. The van der Waals surface area contributed by atoms with Crippen molar-refractivity contribution in [3.63, 3.8) is 0 Å². The average Bonchev–Trinajstić information content (AvgIpc) is 3.16. The molecule has 1 amide bonds. The highest BCUT2D eigenvalue weighted by molar-refractivity contribution is 5.92. The highest BCUT2D eigenvalue weighted by Gasteiger charge is 2.19. The number of anilines is 1. The zero-order chi connectivity index (χ0) is 19.8. The molecule has 1 aromatic carbocycles. The van der Waals surface area contributed by atoms with Crippen molar-refractivity contribution < 1.29 is 18.7 Å². The molecule has 0 saturated carbocycles. The molecule has 2 N–H and O–H groups in total. The van der Waals surface area contributed by atoms with E-state index in [1.54, 1.807) is 38.7 Å². The Labute approximate surface area is 160 Å². The van der Waals surface area contributed by atoms with Crippen LogP contribution >= 0.6 is 0 Å². The van der Waals surface area contributed by atoms with Gasteiger partial charge in [0.25, 0.3) is 0 Å². The maximum Gasteiger partial charge on any atom is 0.226 e. The number of methoxy groups -OCH3 is 2. The Morgan fingerprint density at radius 3 is 2.59 bits per heavy atom. The van der Waals surface area contributed by atoms with Crippen molar-refractivity contribution in [1.82, 2.24) is 10.2 Å². The van der Waals surface area contributed by atoms with Crippen LogP contribution in [-0.4, -0.2) is 51.7 Å². The molecule has 7 nitrogen and oxygen atoms in total. The van der Waals surface area contributed by atoms with E-state index >= 15 is 0 Å². The van der Waals surface area contributed by atoms with Crippen molar-refractivity contribution in [1.29, 1.82) is 0 Å². The summed E-state index contributed by atoms with van der Waals surface area (Å²) < 4.78 is 16.0. The third-order valence-electron chi connectivity index (χ3n) is 4.33. The largest absolute Gasteiger partial charge is 0.497 e. The minimum absolute atomic E-state index is 0.00616. The molecule has 1 heterocycles. The number of amides is 1. The van der Waals surface area contributed by atoms with Crippen molar-refractivity contribution >= 4 is 11.6 Å². The number of carbonyl (C=O) groups is 1. The number of hydrogen-bond donors (Lipinski definition) is 2. The lowest BCUT2D eigenvalue weighted by molar-refractivity contribution is -0.116. The first kappa shape index (κ1) is 20.8. The van der Waals surface area contributed by atoms with Crippen LogP contribution in [-0.2, 0) is 4.79 Å². The van der Waals surface area contributed by atoms with Gasteiger partial charge in [-0.15, -0.1) is 0 Å². The zero-order valence-corrected chi connectivity index (χ0v) is 16.6. The zero-order valence-electron chi connectivity index (χ0n) is 16.6. The molecule has 0 fully saturated rings. The Hall–Kier alpha value is -2.51. The molecule has 7 heteroatoms. The standard InChI is InChI=1S/C20H29N3O4/c1-14(21-13-17(23(2)3)18-7-6-10-27-18)11-20(24)22-16-9-8-15(25-4)12-19(16)26-5/h6-10,12,14,17,21H,11,13H2,1-5H3,(H,22,24). The number of likely N-dealkylation sites (N-methyl/N-ethyl adjacent to an activating group) is 1. The SMILES string of the molecule is COc1ccc(NC(=O)CC(C)NCC(c2ccco2)N(C)C)c(OC)c1. The van der Waals surface area contributed by atoms with Crippen LogP contribution in [0.1, 0.15) is 25.1 Å². The second-order valence-electron chi connectivity index (χ2n) is 6.62. The maximum absolute atomic E-state index is 12.4. The van der Waals surface area contributed by atoms with Crippen LogP contribution in [0.4, 0.5) is 5.69 Å². The molecule has 0 aliphatic heterocycles. The summed E-state index contributed by atoms with van der Waals surface area (Å²) in [5.74, 6) is 2.05. The maximum atomic E-state index is 12.4. The summed E-state index contributed by atoms with van der Waals surface area (Å²) in [7, 11) is 7.15. The predicted octanol–water partition coefficient (Wildman–Crippen LogP) is 2.91. The quantitative estimate of drug-likeness (QED) is 0.665. The van der Waals surface area contributed by atoms with Crippen molar-refractivity contribution in [2.45, 2.75) is 25.4 Å².